The van der Waals surface area contributed by atoms with E-state index in [0.29, 0.717) is 6.61 Å². The van der Waals surface area contributed by atoms with Gasteiger partial charge in [0.1, 0.15) is 6.04 Å². The number of rotatable bonds is 4. The van der Waals surface area contributed by atoms with Gasteiger partial charge in [-0.25, -0.2) is 0 Å². The number of ether oxygens (including phenoxy) is 1. The van der Waals surface area contributed by atoms with Crippen LogP contribution in [0.5, 0.6) is 0 Å². The summed E-state index contributed by atoms with van der Waals surface area (Å²) in [5.74, 6) is 0.735. The molecule has 0 fully saturated rings. The van der Waals surface area contributed by atoms with Gasteiger partial charge >= 0.3 is 5.97 Å². The van der Waals surface area contributed by atoms with Crippen molar-refractivity contribution in [2.24, 2.45) is 0 Å². The molecule has 5 heteroatoms. The Morgan fingerprint density at radius 1 is 1.21 bits per heavy atom. The highest BCUT2D eigenvalue weighted by Crippen LogP contribution is 2.39. The molecule has 24 heavy (non-hydrogen) atoms. The summed E-state index contributed by atoms with van der Waals surface area (Å²) >= 11 is 1.85. The maximum atomic E-state index is 12.0. The zero-order valence-electron chi connectivity index (χ0n) is 13.8. The van der Waals surface area contributed by atoms with Crippen LogP contribution in [0.25, 0.3) is 0 Å². The summed E-state index contributed by atoms with van der Waals surface area (Å²) in [6.07, 6.45) is 0. The molecular formula is C19H22ClNO2S. The van der Waals surface area contributed by atoms with Gasteiger partial charge in [0.05, 0.1) is 12.6 Å². The number of fused-ring (bicyclic) bond motifs is 2. The van der Waals surface area contributed by atoms with Crippen LogP contribution in [-0.2, 0) is 15.3 Å². The number of hydrogen-bond acceptors (Lipinski definition) is 4. The molecule has 0 aromatic heterocycles. The standard InChI is InChI=1S/C19H21NO2S.ClH/c1-3-22-19(21)13(2)20-18-15-9-5-4-8-14(15)12-23-17-11-7-6-10-16(17)18;/h4-11,13,18,20H,3,12H2,1-2H3;1H. The normalized spacial score (nSPS) is 16.8. The maximum absolute atomic E-state index is 12.0. The molecule has 0 saturated carbocycles. The number of thioether (sulfide) groups is 1. The first-order chi connectivity index (χ1) is 11.2. The molecular weight excluding hydrogens is 342 g/mol. The lowest BCUT2D eigenvalue weighted by Gasteiger charge is -2.24. The van der Waals surface area contributed by atoms with Crippen molar-refractivity contribution in [3.05, 3.63) is 65.2 Å². The molecule has 0 bridgehead atoms. The Morgan fingerprint density at radius 3 is 2.62 bits per heavy atom. The molecule has 128 valence electrons. The van der Waals surface area contributed by atoms with E-state index in [2.05, 4.69) is 53.8 Å². The van der Waals surface area contributed by atoms with Gasteiger partial charge < -0.3 is 4.74 Å². The first-order valence-electron chi connectivity index (χ1n) is 7.93. The summed E-state index contributed by atoms with van der Waals surface area (Å²) in [5.41, 5.74) is 3.77. The number of benzene rings is 2. The SMILES string of the molecule is CCOC(=O)C(C)NC1c2ccccc2CSc2ccccc21.Cl. The molecule has 2 atom stereocenters. The molecule has 0 saturated heterocycles. The quantitative estimate of drug-likeness (QED) is 0.820. The lowest BCUT2D eigenvalue weighted by atomic mass is 9.94. The molecule has 3 nitrogen and oxygen atoms in total. The lowest BCUT2D eigenvalue weighted by Crippen LogP contribution is -2.38. The number of hydrogen-bond donors (Lipinski definition) is 1. The van der Waals surface area contributed by atoms with Gasteiger partial charge in [0.2, 0.25) is 0 Å². The van der Waals surface area contributed by atoms with Crippen LogP contribution >= 0.6 is 24.2 Å². The molecule has 0 radical (unpaired) electrons. The van der Waals surface area contributed by atoms with Crippen molar-refractivity contribution in [1.29, 1.82) is 0 Å². The van der Waals surface area contributed by atoms with Gasteiger partial charge in [0.25, 0.3) is 0 Å². The van der Waals surface area contributed by atoms with Crippen molar-refractivity contribution in [3.8, 4) is 0 Å². The summed E-state index contributed by atoms with van der Waals surface area (Å²) in [6.45, 7) is 4.09. The predicted octanol–water partition coefficient (Wildman–Crippen LogP) is 4.34. The fourth-order valence-corrected chi connectivity index (χ4v) is 3.99. The van der Waals surface area contributed by atoms with Gasteiger partial charge in [0.15, 0.2) is 0 Å². The van der Waals surface area contributed by atoms with E-state index in [1.165, 1.54) is 21.6 Å². The Balaban J connectivity index is 0.00000208. The largest absolute Gasteiger partial charge is 0.465 e. The second-order valence-corrected chi connectivity index (χ2v) is 6.62. The molecule has 1 aliphatic rings. The maximum Gasteiger partial charge on any atom is 0.322 e. The average molecular weight is 364 g/mol. The second-order valence-electron chi connectivity index (χ2n) is 5.60. The molecule has 2 aromatic carbocycles. The van der Waals surface area contributed by atoms with E-state index in [9.17, 15) is 4.79 Å². The Kier molecular flexibility index (Phi) is 6.72. The van der Waals surface area contributed by atoms with E-state index in [1.54, 1.807) is 0 Å². The summed E-state index contributed by atoms with van der Waals surface area (Å²) in [5, 5.41) is 3.47. The minimum atomic E-state index is -0.357. The fourth-order valence-electron chi connectivity index (χ4n) is 2.89. The third-order valence-electron chi connectivity index (χ3n) is 4.04. The van der Waals surface area contributed by atoms with Gasteiger partial charge in [-0.2, -0.15) is 0 Å². The van der Waals surface area contributed by atoms with Crippen molar-refractivity contribution in [2.45, 2.75) is 36.6 Å². The number of carbonyl (C=O) groups is 1. The lowest BCUT2D eigenvalue weighted by molar-refractivity contribution is -0.145. The summed E-state index contributed by atoms with van der Waals surface area (Å²) in [4.78, 5) is 13.3. The van der Waals surface area contributed by atoms with Crippen LogP contribution in [0, 0.1) is 0 Å². The number of halogens is 1. The van der Waals surface area contributed by atoms with Crippen molar-refractivity contribution >= 4 is 30.1 Å². The highest BCUT2D eigenvalue weighted by Gasteiger charge is 2.27. The first-order valence-corrected chi connectivity index (χ1v) is 8.91. The molecule has 0 amide bonds. The highest BCUT2D eigenvalue weighted by molar-refractivity contribution is 7.98. The molecule has 0 spiro atoms. The van der Waals surface area contributed by atoms with Gasteiger partial charge in [-0.1, -0.05) is 42.5 Å². The second kappa shape index (κ2) is 8.56. The molecule has 1 N–H and O–H groups in total. The first kappa shape index (κ1) is 18.8. The van der Waals surface area contributed by atoms with Crippen LogP contribution in [0.2, 0.25) is 0 Å². The monoisotopic (exact) mass is 363 g/mol. The van der Waals surface area contributed by atoms with Crippen molar-refractivity contribution in [3.63, 3.8) is 0 Å². The fraction of sp³-hybridized carbons (Fsp3) is 0.316. The van der Waals surface area contributed by atoms with Crippen LogP contribution in [-0.4, -0.2) is 18.6 Å². The van der Waals surface area contributed by atoms with E-state index in [-0.39, 0.29) is 30.5 Å². The Bertz CT molecular complexity index is 660. The smallest absolute Gasteiger partial charge is 0.322 e. The van der Waals surface area contributed by atoms with E-state index in [4.69, 9.17) is 4.74 Å². The average Bonchev–Trinajstić information content (AvgIpc) is 2.73. The third kappa shape index (κ3) is 3.94. The zero-order chi connectivity index (χ0) is 16.2. The molecule has 1 aliphatic heterocycles. The molecule has 0 aliphatic carbocycles. The third-order valence-corrected chi connectivity index (χ3v) is 5.17. The van der Waals surface area contributed by atoms with Crippen molar-refractivity contribution in [2.75, 3.05) is 6.61 Å². The summed E-state index contributed by atoms with van der Waals surface area (Å²) in [7, 11) is 0. The van der Waals surface area contributed by atoms with E-state index >= 15 is 0 Å². The minimum absolute atomic E-state index is 0. The summed E-state index contributed by atoms with van der Waals surface area (Å²) in [6, 6.07) is 16.5. The zero-order valence-corrected chi connectivity index (χ0v) is 15.5. The van der Waals surface area contributed by atoms with Crippen LogP contribution in [0.4, 0.5) is 0 Å². The minimum Gasteiger partial charge on any atom is -0.465 e. The highest BCUT2D eigenvalue weighted by atomic mass is 35.5. The van der Waals surface area contributed by atoms with E-state index in [1.807, 2.05) is 25.6 Å². The van der Waals surface area contributed by atoms with Gasteiger partial charge in [0, 0.05) is 10.6 Å². The molecule has 1 heterocycles. The van der Waals surface area contributed by atoms with Crippen molar-refractivity contribution < 1.29 is 9.53 Å². The predicted molar refractivity (Wildman–Crippen MR) is 101 cm³/mol. The topological polar surface area (TPSA) is 38.3 Å². The number of esters is 1. The molecule has 3 rings (SSSR count). The van der Waals surface area contributed by atoms with Gasteiger partial charge in [-0.15, -0.1) is 24.2 Å². The van der Waals surface area contributed by atoms with Crippen LogP contribution < -0.4 is 5.32 Å². The number of nitrogens with one attached hydrogen (secondary N) is 1. The summed E-state index contributed by atoms with van der Waals surface area (Å²) < 4.78 is 5.15. The van der Waals surface area contributed by atoms with Gasteiger partial charge in [-0.3, -0.25) is 10.1 Å². The van der Waals surface area contributed by atoms with Crippen molar-refractivity contribution in [1.82, 2.24) is 5.32 Å². The van der Waals surface area contributed by atoms with E-state index < -0.39 is 0 Å². The van der Waals surface area contributed by atoms with Crippen LogP contribution in [0.3, 0.4) is 0 Å². The van der Waals surface area contributed by atoms with Crippen LogP contribution in [0.1, 0.15) is 36.6 Å². The van der Waals surface area contributed by atoms with Gasteiger partial charge in [-0.05, 0) is 36.6 Å². The van der Waals surface area contributed by atoms with E-state index in [0.717, 1.165) is 5.75 Å². The Hall–Kier alpha value is -1.49. The van der Waals surface area contributed by atoms with Crippen LogP contribution in [0.15, 0.2) is 53.4 Å². The Morgan fingerprint density at radius 2 is 1.88 bits per heavy atom. The molecule has 2 aromatic rings. The Labute approximate surface area is 153 Å². The number of carbonyl (C=O) groups excluding carboxylic acids is 1. The molecule has 2 unspecified atom stereocenters.